The third-order valence-electron chi connectivity index (χ3n) is 3.60. The molecule has 0 amide bonds. The van der Waals surface area contributed by atoms with Crippen molar-refractivity contribution in [2.24, 2.45) is 0 Å². The topological polar surface area (TPSA) is 15.3 Å². The molecule has 1 saturated carbocycles. The van der Waals surface area contributed by atoms with Gasteiger partial charge in [0.15, 0.2) is 0 Å². The van der Waals surface area contributed by atoms with Crippen LogP contribution >= 0.6 is 11.3 Å². The van der Waals surface area contributed by atoms with Crippen LogP contribution in [0.2, 0.25) is 0 Å². The number of benzene rings is 1. The molecule has 0 aliphatic heterocycles. The van der Waals surface area contributed by atoms with Gasteiger partial charge in [0.1, 0.15) is 5.82 Å². The van der Waals surface area contributed by atoms with E-state index < -0.39 is 0 Å². The lowest BCUT2D eigenvalue weighted by molar-refractivity contribution is 0.611. The highest BCUT2D eigenvalue weighted by Crippen LogP contribution is 2.35. The number of rotatable bonds is 6. The minimum Gasteiger partial charge on any atom is -0.361 e. The van der Waals surface area contributed by atoms with Crippen LogP contribution in [0.15, 0.2) is 35.7 Å². The van der Waals surface area contributed by atoms with Crippen LogP contribution < -0.4 is 10.2 Å². The molecule has 0 atom stereocenters. The highest BCUT2D eigenvalue weighted by atomic mass is 32.1. The maximum atomic E-state index is 14.4. The summed E-state index contributed by atoms with van der Waals surface area (Å²) in [6.45, 7) is 1.51. The Hall–Kier alpha value is -1.39. The monoisotopic (exact) mass is 290 g/mol. The molecule has 0 saturated heterocycles. The first kappa shape index (κ1) is 13.6. The molecule has 2 nitrogen and oxygen atoms in total. The van der Waals surface area contributed by atoms with Gasteiger partial charge in [-0.1, -0.05) is 12.1 Å². The fraction of sp³-hybridized carbons (Fsp3) is 0.375. The lowest BCUT2D eigenvalue weighted by Crippen LogP contribution is -2.25. The molecule has 2 aromatic rings. The molecule has 106 valence electrons. The van der Waals surface area contributed by atoms with Gasteiger partial charge in [-0.3, -0.25) is 0 Å². The average Bonchev–Trinajstić information content (AvgIpc) is 3.15. The Kier molecular flexibility index (Phi) is 4.03. The Morgan fingerprint density at radius 3 is 2.80 bits per heavy atom. The molecule has 4 heteroatoms. The van der Waals surface area contributed by atoms with E-state index in [0.717, 1.165) is 17.8 Å². The second kappa shape index (κ2) is 5.94. The third kappa shape index (κ3) is 3.02. The lowest BCUT2D eigenvalue weighted by Gasteiger charge is -2.25. The van der Waals surface area contributed by atoms with Crippen LogP contribution in [0, 0.1) is 5.82 Å². The highest BCUT2D eigenvalue weighted by Gasteiger charge is 2.30. The summed E-state index contributed by atoms with van der Waals surface area (Å²) in [4.78, 5) is 3.50. The summed E-state index contributed by atoms with van der Waals surface area (Å²) in [5.41, 5.74) is 1.72. The zero-order chi connectivity index (χ0) is 13.9. The van der Waals surface area contributed by atoms with Crippen LogP contribution in [0.4, 0.5) is 10.1 Å². The molecule has 0 radical (unpaired) electrons. The van der Waals surface area contributed by atoms with Gasteiger partial charge in [-0.15, -0.1) is 11.3 Å². The van der Waals surface area contributed by atoms with Crippen molar-refractivity contribution in [3.63, 3.8) is 0 Å². The van der Waals surface area contributed by atoms with Crippen LogP contribution in [0.5, 0.6) is 0 Å². The van der Waals surface area contributed by atoms with Gasteiger partial charge in [-0.2, -0.15) is 0 Å². The molecule has 1 aliphatic carbocycles. The van der Waals surface area contributed by atoms with Crippen molar-refractivity contribution in [1.82, 2.24) is 5.32 Å². The number of hydrogen-bond acceptors (Lipinski definition) is 3. The van der Waals surface area contributed by atoms with E-state index in [1.807, 2.05) is 19.2 Å². The third-order valence-corrected chi connectivity index (χ3v) is 4.46. The first-order valence-corrected chi connectivity index (χ1v) is 7.88. The molecule has 1 fully saturated rings. The van der Waals surface area contributed by atoms with Crippen molar-refractivity contribution in [3.8, 4) is 0 Å². The Morgan fingerprint density at radius 1 is 1.35 bits per heavy atom. The van der Waals surface area contributed by atoms with E-state index in [9.17, 15) is 4.39 Å². The molecular weight excluding hydrogens is 271 g/mol. The summed E-state index contributed by atoms with van der Waals surface area (Å²) in [6.07, 6.45) is 2.34. The van der Waals surface area contributed by atoms with E-state index in [0.29, 0.717) is 12.6 Å². The first-order chi connectivity index (χ1) is 9.78. The Balaban J connectivity index is 1.83. The molecule has 1 aromatic heterocycles. The zero-order valence-corrected chi connectivity index (χ0v) is 12.4. The summed E-state index contributed by atoms with van der Waals surface area (Å²) < 4.78 is 14.4. The van der Waals surface area contributed by atoms with Crippen LogP contribution in [-0.4, -0.2) is 13.1 Å². The molecule has 0 bridgehead atoms. The first-order valence-electron chi connectivity index (χ1n) is 7.00. The number of anilines is 1. The fourth-order valence-corrected chi connectivity index (χ4v) is 3.17. The van der Waals surface area contributed by atoms with Crippen molar-refractivity contribution in [2.75, 3.05) is 11.9 Å². The number of hydrogen-bond donors (Lipinski definition) is 1. The van der Waals surface area contributed by atoms with E-state index >= 15 is 0 Å². The average molecular weight is 290 g/mol. The molecule has 1 aromatic carbocycles. The van der Waals surface area contributed by atoms with E-state index in [4.69, 9.17) is 0 Å². The Labute approximate surface area is 123 Å². The minimum atomic E-state index is -0.110. The molecule has 0 spiro atoms. The van der Waals surface area contributed by atoms with Crippen molar-refractivity contribution in [3.05, 3.63) is 52.0 Å². The fourth-order valence-electron chi connectivity index (χ4n) is 2.47. The Bertz CT molecular complexity index is 564. The molecule has 1 heterocycles. The summed E-state index contributed by atoms with van der Waals surface area (Å²) in [5, 5.41) is 5.13. The maximum Gasteiger partial charge on any atom is 0.146 e. The van der Waals surface area contributed by atoms with Crippen molar-refractivity contribution >= 4 is 17.0 Å². The van der Waals surface area contributed by atoms with Gasteiger partial charge in [0, 0.05) is 17.5 Å². The number of halogens is 1. The smallest absolute Gasteiger partial charge is 0.146 e. The highest BCUT2D eigenvalue weighted by molar-refractivity contribution is 7.09. The van der Waals surface area contributed by atoms with Gasteiger partial charge in [0.05, 0.1) is 12.2 Å². The number of thiophene rings is 1. The zero-order valence-electron chi connectivity index (χ0n) is 11.6. The van der Waals surface area contributed by atoms with Crippen molar-refractivity contribution in [2.45, 2.75) is 32.0 Å². The van der Waals surface area contributed by atoms with Crippen LogP contribution in [-0.2, 0) is 13.1 Å². The van der Waals surface area contributed by atoms with E-state index in [2.05, 4.69) is 27.7 Å². The van der Waals surface area contributed by atoms with E-state index in [1.54, 1.807) is 17.4 Å². The molecule has 3 rings (SSSR count). The van der Waals surface area contributed by atoms with Gasteiger partial charge in [-0.05, 0) is 49.0 Å². The number of nitrogens with one attached hydrogen (secondary N) is 1. The second-order valence-corrected chi connectivity index (χ2v) is 6.29. The van der Waals surface area contributed by atoms with Gasteiger partial charge < -0.3 is 10.2 Å². The largest absolute Gasteiger partial charge is 0.361 e. The van der Waals surface area contributed by atoms with Crippen molar-refractivity contribution in [1.29, 1.82) is 0 Å². The summed E-state index contributed by atoms with van der Waals surface area (Å²) in [7, 11) is 1.87. The summed E-state index contributed by atoms with van der Waals surface area (Å²) in [6, 6.07) is 10.3. The Morgan fingerprint density at radius 2 is 2.20 bits per heavy atom. The van der Waals surface area contributed by atoms with Gasteiger partial charge in [0.25, 0.3) is 0 Å². The van der Waals surface area contributed by atoms with Crippen LogP contribution in [0.1, 0.15) is 23.3 Å². The standard InChI is InChI=1S/C16H19FN2S/c1-18-10-12-4-7-16(15(17)9-12)19(13-5-6-13)11-14-3-2-8-20-14/h2-4,7-9,13,18H,5-6,10-11H2,1H3. The molecule has 0 unspecified atom stereocenters. The van der Waals surface area contributed by atoms with Crippen LogP contribution in [0.25, 0.3) is 0 Å². The molecular formula is C16H19FN2S. The summed E-state index contributed by atoms with van der Waals surface area (Å²) >= 11 is 1.73. The second-order valence-electron chi connectivity index (χ2n) is 5.25. The quantitative estimate of drug-likeness (QED) is 0.871. The van der Waals surface area contributed by atoms with Crippen molar-refractivity contribution < 1.29 is 4.39 Å². The molecule has 1 aliphatic rings. The number of nitrogens with zero attached hydrogens (tertiary/aromatic N) is 1. The van der Waals surface area contributed by atoms with Crippen LogP contribution in [0.3, 0.4) is 0 Å². The maximum absolute atomic E-state index is 14.4. The SMILES string of the molecule is CNCc1ccc(N(Cc2cccs2)C2CC2)c(F)c1. The predicted molar refractivity (Wildman–Crippen MR) is 82.7 cm³/mol. The summed E-state index contributed by atoms with van der Waals surface area (Å²) in [5.74, 6) is -0.110. The van der Waals surface area contributed by atoms with Gasteiger partial charge in [-0.25, -0.2) is 4.39 Å². The lowest BCUT2D eigenvalue weighted by atomic mass is 10.1. The van der Waals surface area contributed by atoms with Gasteiger partial charge in [0.2, 0.25) is 0 Å². The van der Waals surface area contributed by atoms with E-state index in [1.165, 1.54) is 17.7 Å². The normalized spacial score (nSPS) is 14.5. The molecule has 1 N–H and O–H groups in total. The predicted octanol–water partition coefficient (Wildman–Crippen LogP) is 3.78. The molecule has 20 heavy (non-hydrogen) atoms. The minimum absolute atomic E-state index is 0.110. The van der Waals surface area contributed by atoms with Gasteiger partial charge >= 0.3 is 0 Å². The van der Waals surface area contributed by atoms with E-state index in [-0.39, 0.29) is 5.82 Å².